The van der Waals surface area contributed by atoms with E-state index >= 15 is 0 Å². The summed E-state index contributed by atoms with van der Waals surface area (Å²) in [7, 11) is 1.32. The number of hydrogen-bond acceptors (Lipinski definition) is 4. The number of carbonyl (C=O) groups is 1. The minimum Gasteiger partial charge on any atom is -0.490 e. The second kappa shape index (κ2) is 5.54. The van der Waals surface area contributed by atoms with Gasteiger partial charge in [0.1, 0.15) is 5.75 Å². The first-order valence-corrected chi connectivity index (χ1v) is 6.03. The molecule has 0 unspecified atom stereocenters. The molecule has 18 heavy (non-hydrogen) atoms. The van der Waals surface area contributed by atoms with Crippen LogP contribution < -0.4 is 4.74 Å². The number of nitrogens with zero attached hydrogens (tertiary/aromatic N) is 1. The van der Waals surface area contributed by atoms with Gasteiger partial charge in [0, 0.05) is 0 Å². The lowest BCUT2D eigenvalue weighted by atomic mass is 10.1. The minimum absolute atomic E-state index is 0.199. The molecule has 0 radical (unpaired) electrons. The van der Waals surface area contributed by atoms with Crippen LogP contribution in [0.1, 0.15) is 41.6 Å². The van der Waals surface area contributed by atoms with Gasteiger partial charge in [0.25, 0.3) is 0 Å². The topological polar surface area (TPSA) is 59.3 Å². The van der Waals surface area contributed by atoms with Crippen molar-refractivity contribution in [2.45, 2.75) is 31.8 Å². The second-order valence-corrected chi connectivity index (χ2v) is 4.37. The lowest BCUT2D eigenvalue weighted by molar-refractivity contribution is 0.0600. The van der Waals surface area contributed by atoms with Crippen molar-refractivity contribution in [3.8, 4) is 11.8 Å². The number of benzene rings is 1. The van der Waals surface area contributed by atoms with Crippen LogP contribution in [0.25, 0.3) is 0 Å². The van der Waals surface area contributed by atoms with E-state index in [1.807, 2.05) is 6.07 Å². The van der Waals surface area contributed by atoms with Crippen molar-refractivity contribution in [1.29, 1.82) is 5.26 Å². The van der Waals surface area contributed by atoms with E-state index in [-0.39, 0.29) is 6.10 Å². The molecular formula is C14H15NO3. The number of carbonyl (C=O) groups excluding carboxylic acids is 1. The average molecular weight is 245 g/mol. The molecule has 1 fully saturated rings. The number of rotatable bonds is 3. The van der Waals surface area contributed by atoms with Crippen LogP contribution in [0, 0.1) is 11.3 Å². The van der Waals surface area contributed by atoms with Gasteiger partial charge in [-0.15, -0.1) is 0 Å². The standard InChI is InChI=1S/C14H15NO3/c1-17-14(16)11-6-10(9-15)7-13(8-11)18-12-4-2-3-5-12/h6-8,12H,2-5H2,1H3. The largest absolute Gasteiger partial charge is 0.490 e. The Kier molecular flexibility index (Phi) is 3.83. The molecule has 94 valence electrons. The van der Waals surface area contributed by atoms with Crippen LogP contribution in [0.4, 0.5) is 0 Å². The summed E-state index contributed by atoms with van der Waals surface area (Å²) in [5.41, 5.74) is 0.760. The Morgan fingerprint density at radius 2 is 2.06 bits per heavy atom. The number of methoxy groups -OCH3 is 1. The zero-order chi connectivity index (χ0) is 13.0. The van der Waals surface area contributed by atoms with Crippen LogP contribution >= 0.6 is 0 Å². The molecule has 4 heteroatoms. The van der Waals surface area contributed by atoms with Crippen LogP contribution in [0.2, 0.25) is 0 Å². The zero-order valence-corrected chi connectivity index (χ0v) is 10.3. The Morgan fingerprint density at radius 1 is 1.33 bits per heavy atom. The highest BCUT2D eigenvalue weighted by Gasteiger charge is 2.18. The van der Waals surface area contributed by atoms with Gasteiger partial charge < -0.3 is 9.47 Å². The fraction of sp³-hybridized carbons (Fsp3) is 0.429. The number of ether oxygens (including phenoxy) is 2. The summed E-state index contributed by atoms with van der Waals surface area (Å²) < 4.78 is 10.5. The molecule has 4 nitrogen and oxygen atoms in total. The third-order valence-electron chi connectivity index (χ3n) is 3.06. The van der Waals surface area contributed by atoms with E-state index in [0.29, 0.717) is 16.9 Å². The average Bonchev–Trinajstić information content (AvgIpc) is 2.90. The maximum absolute atomic E-state index is 11.5. The third-order valence-corrected chi connectivity index (χ3v) is 3.06. The SMILES string of the molecule is COC(=O)c1cc(C#N)cc(OC2CCCC2)c1. The Labute approximate surface area is 106 Å². The summed E-state index contributed by atoms with van der Waals surface area (Å²) in [6.07, 6.45) is 4.61. The fourth-order valence-corrected chi connectivity index (χ4v) is 2.17. The normalized spacial score (nSPS) is 15.1. The molecule has 0 aromatic heterocycles. The van der Waals surface area contributed by atoms with Crippen molar-refractivity contribution >= 4 is 5.97 Å². The summed E-state index contributed by atoms with van der Waals surface area (Å²) in [6.45, 7) is 0. The summed E-state index contributed by atoms with van der Waals surface area (Å²) in [4.78, 5) is 11.5. The van der Waals surface area contributed by atoms with Crippen molar-refractivity contribution in [3.05, 3.63) is 29.3 Å². The van der Waals surface area contributed by atoms with E-state index in [9.17, 15) is 4.79 Å². The van der Waals surface area contributed by atoms with E-state index in [0.717, 1.165) is 12.8 Å². The number of hydrogen-bond donors (Lipinski definition) is 0. The Morgan fingerprint density at radius 3 is 2.67 bits per heavy atom. The van der Waals surface area contributed by atoms with Crippen LogP contribution in [-0.2, 0) is 4.74 Å². The maximum Gasteiger partial charge on any atom is 0.338 e. The van der Waals surface area contributed by atoms with Crippen LogP contribution in [-0.4, -0.2) is 19.2 Å². The van der Waals surface area contributed by atoms with Crippen molar-refractivity contribution < 1.29 is 14.3 Å². The molecule has 0 bridgehead atoms. The van der Waals surface area contributed by atoms with E-state index in [1.165, 1.54) is 26.0 Å². The van der Waals surface area contributed by atoms with Crippen molar-refractivity contribution in [3.63, 3.8) is 0 Å². The molecule has 0 N–H and O–H groups in total. The van der Waals surface area contributed by atoms with Crippen molar-refractivity contribution in [1.82, 2.24) is 0 Å². The summed E-state index contributed by atoms with van der Waals surface area (Å²) in [6, 6.07) is 6.82. The Bertz CT molecular complexity index is 484. The molecule has 1 aromatic rings. The van der Waals surface area contributed by atoms with Crippen LogP contribution in [0.15, 0.2) is 18.2 Å². The third kappa shape index (κ3) is 2.80. The zero-order valence-electron chi connectivity index (χ0n) is 10.3. The van der Waals surface area contributed by atoms with Crippen molar-refractivity contribution in [2.75, 3.05) is 7.11 Å². The van der Waals surface area contributed by atoms with Crippen LogP contribution in [0.5, 0.6) is 5.75 Å². The second-order valence-electron chi connectivity index (χ2n) is 4.37. The molecular weight excluding hydrogens is 230 g/mol. The van der Waals surface area contributed by atoms with Gasteiger partial charge in [0.15, 0.2) is 0 Å². The van der Waals surface area contributed by atoms with Gasteiger partial charge in [-0.1, -0.05) is 0 Å². The maximum atomic E-state index is 11.5. The molecule has 0 spiro atoms. The lowest BCUT2D eigenvalue weighted by Crippen LogP contribution is -2.12. The highest BCUT2D eigenvalue weighted by atomic mass is 16.5. The molecule has 0 heterocycles. The van der Waals surface area contributed by atoms with Crippen LogP contribution in [0.3, 0.4) is 0 Å². The molecule has 0 amide bonds. The first-order chi connectivity index (χ1) is 8.72. The number of esters is 1. The summed E-state index contributed by atoms with van der Waals surface area (Å²) in [5.74, 6) is 0.115. The molecule has 1 aromatic carbocycles. The Balaban J connectivity index is 2.23. The molecule has 0 aliphatic heterocycles. The first kappa shape index (κ1) is 12.4. The van der Waals surface area contributed by atoms with E-state index in [2.05, 4.69) is 4.74 Å². The van der Waals surface area contributed by atoms with Gasteiger partial charge in [-0.2, -0.15) is 5.26 Å². The Hall–Kier alpha value is -2.02. The predicted octanol–water partition coefficient (Wildman–Crippen LogP) is 2.67. The molecule has 2 rings (SSSR count). The first-order valence-electron chi connectivity index (χ1n) is 6.03. The van der Waals surface area contributed by atoms with Gasteiger partial charge in [0.05, 0.1) is 30.4 Å². The minimum atomic E-state index is -0.455. The number of nitriles is 1. The molecule has 0 atom stereocenters. The molecule has 1 aliphatic carbocycles. The highest BCUT2D eigenvalue weighted by Crippen LogP contribution is 2.25. The fourth-order valence-electron chi connectivity index (χ4n) is 2.17. The van der Waals surface area contributed by atoms with Gasteiger partial charge >= 0.3 is 5.97 Å². The van der Waals surface area contributed by atoms with Gasteiger partial charge in [-0.25, -0.2) is 4.79 Å². The van der Waals surface area contributed by atoms with E-state index in [4.69, 9.17) is 10.00 Å². The van der Waals surface area contributed by atoms with Crippen molar-refractivity contribution in [2.24, 2.45) is 0 Å². The monoisotopic (exact) mass is 245 g/mol. The quantitative estimate of drug-likeness (QED) is 0.768. The smallest absolute Gasteiger partial charge is 0.338 e. The molecule has 0 saturated heterocycles. The molecule has 1 saturated carbocycles. The summed E-state index contributed by atoms with van der Waals surface area (Å²) >= 11 is 0. The van der Waals surface area contributed by atoms with E-state index < -0.39 is 5.97 Å². The van der Waals surface area contributed by atoms with E-state index in [1.54, 1.807) is 12.1 Å². The lowest BCUT2D eigenvalue weighted by Gasteiger charge is -2.13. The van der Waals surface area contributed by atoms with Gasteiger partial charge in [-0.05, 0) is 43.9 Å². The van der Waals surface area contributed by atoms with Gasteiger partial charge in [-0.3, -0.25) is 0 Å². The van der Waals surface area contributed by atoms with Gasteiger partial charge in [0.2, 0.25) is 0 Å². The predicted molar refractivity (Wildman–Crippen MR) is 65.4 cm³/mol. The summed E-state index contributed by atoms with van der Waals surface area (Å²) in [5, 5.41) is 8.94. The highest BCUT2D eigenvalue weighted by molar-refractivity contribution is 5.90. The molecule has 1 aliphatic rings.